The van der Waals surface area contributed by atoms with Gasteiger partial charge < -0.3 is 20.4 Å². The van der Waals surface area contributed by atoms with Gasteiger partial charge in [0.2, 0.25) is 0 Å². The van der Waals surface area contributed by atoms with E-state index < -0.39 is 48.1 Å². The molecule has 0 aliphatic carbocycles. The molecule has 0 aliphatic heterocycles. The molecule has 0 spiro atoms. The smallest absolute Gasteiger partial charge is 0.318 e. The van der Waals surface area contributed by atoms with E-state index in [1.54, 1.807) is 0 Å². The summed E-state index contributed by atoms with van der Waals surface area (Å²) in [5, 5.41) is 34.8. The normalized spacial score (nSPS) is 14.0. The van der Waals surface area contributed by atoms with E-state index in [4.69, 9.17) is 20.4 Å². The lowest BCUT2D eigenvalue weighted by molar-refractivity contribution is -0.169. The summed E-state index contributed by atoms with van der Waals surface area (Å²) in [6, 6.07) is 0. The minimum Gasteiger partial charge on any atom is -0.481 e. The van der Waals surface area contributed by atoms with Gasteiger partial charge in [0.1, 0.15) is 0 Å². The molecule has 0 saturated carbocycles. The van der Waals surface area contributed by atoms with Gasteiger partial charge in [-0.05, 0) is 6.42 Å². The zero-order valence-electron chi connectivity index (χ0n) is 8.57. The molecule has 2 unspecified atom stereocenters. The molecule has 95 valence electrons. The Labute approximate surface area is 95.5 Å². The second kappa shape index (κ2) is 5.83. The molecule has 0 aromatic carbocycles. The number of hydrogen-bond acceptors (Lipinski definition) is 4. The van der Waals surface area contributed by atoms with Gasteiger partial charge in [-0.1, -0.05) is 6.92 Å². The molecule has 0 fully saturated rings. The van der Waals surface area contributed by atoms with Crippen molar-refractivity contribution >= 4 is 23.9 Å². The standard InChI is InChI=1S/C9H11O8/c1-2-3(6(10)11)4(7(12)13)5(8(14)15)9(16)17/h3-5H,1-2H2,(H,10,11)(H,12,13)(H,14,15)(H,16,17). The number of carbonyl (C=O) groups is 4. The first kappa shape index (κ1) is 14.9. The summed E-state index contributed by atoms with van der Waals surface area (Å²) in [6.07, 6.45) is -0.427. The van der Waals surface area contributed by atoms with Gasteiger partial charge in [-0.2, -0.15) is 0 Å². The van der Waals surface area contributed by atoms with Crippen LogP contribution in [0.15, 0.2) is 0 Å². The molecule has 0 heterocycles. The minimum absolute atomic E-state index is 0.427. The van der Waals surface area contributed by atoms with Crippen molar-refractivity contribution in [2.75, 3.05) is 0 Å². The largest absolute Gasteiger partial charge is 0.481 e. The van der Waals surface area contributed by atoms with Gasteiger partial charge in [0.25, 0.3) is 0 Å². The van der Waals surface area contributed by atoms with Gasteiger partial charge in [-0.15, -0.1) is 0 Å². The Balaban J connectivity index is 5.47. The average molecular weight is 247 g/mol. The lowest BCUT2D eigenvalue weighted by atomic mass is 9.80. The van der Waals surface area contributed by atoms with Crippen molar-refractivity contribution in [3.8, 4) is 0 Å². The van der Waals surface area contributed by atoms with Crippen molar-refractivity contribution in [2.45, 2.75) is 6.42 Å². The number of rotatable bonds is 7. The van der Waals surface area contributed by atoms with E-state index in [0.29, 0.717) is 0 Å². The molecule has 0 rings (SSSR count). The zero-order chi connectivity index (χ0) is 13.7. The Kier molecular flexibility index (Phi) is 5.10. The van der Waals surface area contributed by atoms with Crippen LogP contribution in [-0.2, 0) is 19.2 Å². The summed E-state index contributed by atoms with van der Waals surface area (Å²) >= 11 is 0. The van der Waals surface area contributed by atoms with Crippen molar-refractivity contribution in [3.05, 3.63) is 6.92 Å². The van der Waals surface area contributed by atoms with Crippen LogP contribution in [0.3, 0.4) is 0 Å². The van der Waals surface area contributed by atoms with Gasteiger partial charge in [-0.3, -0.25) is 19.2 Å². The SMILES string of the molecule is [CH2]CC(C(=O)O)C(C(=O)O)C(C(=O)O)C(=O)O. The van der Waals surface area contributed by atoms with Crippen molar-refractivity contribution in [2.24, 2.45) is 17.8 Å². The third-order valence-corrected chi connectivity index (χ3v) is 2.24. The van der Waals surface area contributed by atoms with Crippen molar-refractivity contribution in [1.82, 2.24) is 0 Å². The van der Waals surface area contributed by atoms with Gasteiger partial charge in [0.15, 0.2) is 5.92 Å². The molecular formula is C9H11O8. The second-order valence-electron chi connectivity index (χ2n) is 3.25. The van der Waals surface area contributed by atoms with Crippen LogP contribution in [0.25, 0.3) is 0 Å². The number of aliphatic carboxylic acids is 4. The monoisotopic (exact) mass is 247 g/mol. The molecule has 17 heavy (non-hydrogen) atoms. The maximum Gasteiger partial charge on any atom is 0.318 e. The summed E-state index contributed by atoms with van der Waals surface area (Å²) in [5.74, 6) is -13.3. The Bertz CT molecular complexity index is 333. The van der Waals surface area contributed by atoms with Crippen molar-refractivity contribution in [1.29, 1.82) is 0 Å². The van der Waals surface area contributed by atoms with Gasteiger partial charge in [-0.25, -0.2) is 0 Å². The van der Waals surface area contributed by atoms with Crippen molar-refractivity contribution in [3.63, 3.8) is 0 Å². The van der Waals surface area contributed by atoms with E-state index in [0.717, 1.165) is 0 Å². The maximum atomic E-state index is 10.8. The Morgan fingerprint density at radius 1 is 0.824 bits per heavy atom. The van der Waals surface area contributed by atoms with Gasteiger partial charge >= 0.3 is 23.9 Å². The predicted octanol–water partition coefficient (Wildman–Crippen LogP) is -0.602. The highest BCUT2D eigenvalue weighted by Gasteiger charge is 2.46. The van der Waals surface area contributed by atoms with E-state index in [9.17, 15) is 19.2 Å². The fourth-order valence-electron chi connectivity index (χ4n) is 1.42. The maximum absolute atomic E-state index is 10.8. The van der Waals surface area contributed by atoms with E-state index in [1.165, 1.54) is 0 Å². The van der Waals surface area contributed by atoms with Crippen LogP contribution in [0.4, 0.5) is 0 Å². The van der Waals surface area contributed by atoms with Crippen LogP contribution in [0, 0.1) is 24.7 Å². The van der Waals surface area contributed by atoms with Crippen molar-refractivity contribution < 1.29 is 39.6 Å². The average Bonchev–Trinajstić information content (AvgIpc) is 2.15. The molecule has 0 amide bonds. The molecule has 1 radical (unpaired) electrons. The third-order valence-electron chi connectivity index (χ3n) is 2.24. The van der Waals surface area contributed by atoms with Crippen LogP contribution in [0.2, 0.25) is 0 Å². The molecule has 0 bridgehead atoms. The number of carboxylic acids is 4. The molecule has 0 aromatic rings. The molecule has 0 aliphatic rings. The summed E-state index contributed by atoms with van der Waals surface area (Å²) in [7, 11) is 0. The van der Waals surface area contributed by atoms with Crippen LogP contribution in [-0.4, -0.2) is 44.3 Å². The van der Waals surface area contributed by atoms with E-state index in [2.05, 4.69) is 6.92 Å². The molecule has 2 atom stereocenters. The van der Waals surface area contributed by atoms with E-state index in [-0.39, 0.29) is 0 Å². The fraction of sp³-hybridized carbons (Fsp3) is 0.444. The van der Waals surface area contributed by atoms with Crippen LogP contribution >= 0.6 is 0 Å². The molecular weight excluding hydrogens is 236 g/mol. The minimum atomic E-state index is -2.32. The molecule has 0 aromatic heterocycles. The highest BCUT2D eigenvalue weighted by Crippen LogP contribution is 2.25. The summed E-state index contributed by atoms with van der Waals surface area (Å²) in [4.78, 5) is 42.9. The summed E-state index contributed by atoms with van der Waals surface area (Å²) in [5.41, 5.74) is 0. The first-order valence-electron chi connectivity index (χ1n) is 4.44. The van der Waals surface area contributed by atoms with Gasteiger partial charge in [0.05, 0.1) is 11.8 Å². The fourth-order valence-corrected chi connectivity index (χ4v) is 1.42. The quantitative estimate of drug-likeness (QED) is 0.435. The van der Waals surface area contributed by atoms with Crippen LogP contribution in [0.1, 0.15) is 6.42 Å². The molecule has 0 saturated heterocycles. The van der Waals surface area contributed by atoms with Crippen LogP contribution in [0.5, 0.6) is 0 Å². The molecule has 8 heteroatoms. The Hall–Kier alpha value is -2.12. The number of carboxylic acid groups (broad SMARTS) is 4. The highest BCUT2D eigenvalue weighted by molar-refractivity contribution is 5.98. The first-order valence-corrected chi connectivity index (χ1v) is 4.44. The first-order chi connectivity index (χ1) is 7.73. The third kappa shape index (κ3) is 3.44. The van der Waals surface area contributed by atoms with E-state index >= 15 is 0 Å². The zero-order valence-corrected chi connectivity index (χ0v) is 8.57. The summed E-state index contributed by atoms with van der Waals surface area (Å²) < 4.78 is 0. The second-order valence-corrected chi connectivity index (χ2v) is 3.25. The van der Waals surface area contributed by atoms with Gasteiger partial charge in [0, 0.05) is 0 Å². The highest BCUT2D eigenvalue weighted by atomic mass is 16.4. The van der Waals surface area contributed by atoms with E-state index in [1.807, 2.05) is 0 Å². The molecule has 4 N–H and O–H groups in total. The predicted molar refractivity (Wildman–Crippen MR) is 51.0 cm³/mol. The lowest BCUT2D eigenvalue weighted by Gasteiger charge is -2.22. The Morgan fingerprint density at radius 2 is 1.24 bits per heavy atom. The Morgan fingerprint density at radius 3 is 1.41 bits per heavy atom. The molecule has 8 nitrogen and oxygen atoms in total. The number of hydrogen-bond donors (Lipinski definition) is 4. The topological polar surface area (TPSA) is 149 Å². The summed E-state index contributed by atoms with van der Waals surface area (Å²) in [6.45, 7) is 3.18. The van der Waals surface area contributed by atoms with Crippen LogP contribution < -0.4 is 0 Å². The lowest BCUT2D eigenvalue weighted by Crippen LogP contribution is -2.42.